The van der Waals surface area contributed by atoms with Gasteiger partial charge in [-0.2, -0.15) is 0 Å². The van der Waals surface area contributed by atoms with Crippen LogP contribution in [0.4, 0.5) is 0 Å². The monoisotopic (exact) mass is 591 g/mol. The van der Waals surface area contributed by atoms with Gasteiger partial charge in [-0.1, -0.05) is 0 Å². The van der Waals surface area contributed by atoms with Crippen LogP contribution in [0.1, 0.15) is 34.6 Å². The average molecular weight is 591 g/mol. The van der Waals surface area contributed by atoms with Gasteiger partial charge in [-0.05, 0) is 0 Å². The molecule has 2 aromatic rings. The van der Waals surface area contributed by atoms with Crippen molar-refractivity contribution in [1.29, 1.82) is 0 Å². The first-order chi connectivity index (χ1) is 15.2. The Bertz CT molecular complexity index is 992. The number of imidazole rings is 1. The molecule has 7 nitrogen and oxygen atoms in total. The van der Waals surface area contributed by atoms with Gasteiger partial charge in [-0.15, -0.1) is 0 Å². The van der Waals surface area contributed by atoms with E-state index in [1.165, 1.54) is 19.4 Å². The maximum absolute atomic E-state index is 12.8. The third kappa shape index (κ3) is 5.88. The third-order valence-electron chi connectivity index (χ3n) is 5.07. The number of aryl methyl sites for hydroxylation is 1. The van der Waals surface area contributed by atoms with Crippen molar-refractivity contribution in [2.75, 3.05) is 19.8 Å². The van der Waals surface area contributed by atoms with E-state index in [-0.39, 0.29) is 12.0 Å². The number of carbonyl (C=O) groups is 1. The van der Waals surface area contributed by atoms with Crippen LogP contribution in [0.2, 0.25) is 0 Å². The molecule has 0 bridgehead atoms. The summed E-state index contributed by atoms with van der Waals surface area (Å²) < 4.78 is 20.5. The standard InChI is InChI=1S/C23H25N3O4.W/c27-23-21-15-19(30-20-8-14-29-17-20)7-6-18(21)16-28-13-4-11-26-12-10-24-22(26)5-2-1-3-9-25-23;/h1-3,6-7,9-10,12,15,20H,4,8,11,13-14,16-17H2,(H,25,27);. The summed E-state index contributed by atoms with van der Waals surface area (Å²) in [4.78, 5) is 17.3. The van der Waals surface area contributed by atoms with Crippen LogP contribution in [-0.4, -0.2) is 45.3 Å². The van der Waals surface area contributed by atoms with E-state index in [1.807, 2.05) is 42.8 Å². The fourth-order valence-electron chi connectivity index (χ4n) is 3.47. The Morgan fingerprint density at radius 3 is 3.03 bits per heavy atom. The van der Waals surface area contributed by atoms with Crippen molar-refractivity contribution < 1.29 is 38.4 Å². The van der Waals surface area contributed by atoms with Gasteiger partial charge in [0, 0.05) is 6.42 Å². The minimum absolute atomic E-state index is 0.0308. The number of amides is 1. The molecule has 1 aromatic carbocycles. The van der Waals surface area contributed by atoms with Crippen LogP contribution in [0.25, 0.3) is 0 Å². The molecule has 0 spiro atoms. The molecule has 1 amide bonds. The zero-order valence-electron chi connectivity index (χ0n) is 17.2. The average Bonchev–Trinajstić information content (AvgIpc) is 3.45. The predicted octanol–water partition coefficient (Wildman–Crippen LogP) is 2.54. The van der Waals surface area contributed by atoms with E-state index < -0.39 is 0 Å². The van der Waals surface area contributed by atoms with Gasteiger partial charge in [0.15, 0.2) is 0 Å². The molecule has 0 radical (unpaired) electrons. The number of rotatable bonds is 2. The number of aromatic nitrogens is 2. The van der Waals surface area contributed by atoms with Gasteiger partial charge in [0.1, 0.15) is 0 Å². The van der Waals surface area contributed by atoms with E-state index in [1.54, 1.807) is 12.3 Å². The fraction of sp³-hybridized carbons (Fsp3) is 0.348. The van der Waals surface area contributed by atoms with Crippen LogP contribution in [0.3, 0.4) is 0 Å². The van der Waals surface area contributed by atoms with Crippen LogP contribution in [0.15, 0.2) is 55.0 Å². The Balaban J connectivity index is 1.52. The number of nitrogens with one attached hydrogen (secondary N) is 1. The van der Waals surface area contributed by atoms with Crippen molar-refractivity contribution in [3.8, 4) is 5.75 Å². The van der Waals surface area contributed by atoms with Gasteiger partial charge in [0.05, 0.1) is 13.2 Å². The van der Waals surface area contributed by atoms with E-state index in [0.29, 0.717) is 37.7 Å². The topological polar surface area (TPSA) is 74.6 Å². The van der Waals surface area contributed by atoms with Crippen LogP contribution in [0.5, 0.6) is 5.75 Å². The molecule has 1 aromatic heterocycles. The molecule has 2 aliphatic rings. The second-order valence-electron chi connectivity index (χ2n) is 7.33. The number of benzene rings is 1. The van der Waals surface area contributed by atoms with Gasteiger partial charge >= 0.3 is 168 Å². The summed E-state index contributed by atoms with van der Waals surface area (Å²) in [7, 11) is 0. The first-order valence-electron chi connectivity index (χ1n) is 10.4. The molecule has 0 saturated carbocycles. The molecule has 8 heteroatoms. The summed E-state index contributed by atoms with van der Waals surface area (Å²) in [5, 5.41) is 2.84. The first-order valence-corrected chi connectivity index (χ1v) is 11.8. The Morgan fingerprint density at radius 1 is 1.23 bits per heavy atom. The van der Waals surface area contributed by atoms with Crippen molar-refractivity contribution in [1.82, 2.24) is 14.9 Å². The van der Waals surface area contributed by atoms with E-state index >= 15 is 0 Å². The number of hydrogen-bond acceptors (Lipinski definition) is 5. The van der Waals surface area contributed by atoms with E-state index in [4.69, 9.17) is 14.2 Å². The number of hydrogen-bond donors (Lipinski definition) is 1. The zero-order valence-corrected chi connectivity index (χ0v) is 20.1. The molecule has 1 atom stereocenters. The summed E-state index contributed by atoms with van der Waals surface area (Å²) in [6.07, 6.45) is 13.0. The number of allylic oxidation sites excluding steroid dienone is 3. The van der Waals surface area contributed by atoms with Gasteiger partial charge in [-0.3, -0.25) is 0 Å². The summed E-state index contributed by atoms with van der Waals surface area (Å²) in [6, 6.07) is 5.59. The maximum atomic E-state index is 12.8. The summed E-state index contributed by atoms with van der Waals surface area (Å²) in [5.41, 5.74) is 1.39. The molecule has 4 rings (SSSR count). The quantitative estimate of drug-likeness (QED) is 0.582. The van der Waals surface area contributed by atoms with Gasteiger partial charge < -0.3 is 4.74 Å². The summed E-state index contributed by atoms with van der Waals surface area (Å²) in [6.45, 7) is 3.09. The second kappa shape index (κ2) is 10.8. The van der Waals surface area contributed by atoms with Gasteiger partial charge in [-0.25, -0.2) is 0 Å². The molecular weight excluding hydrogens is 566 g/mol. The van der Waals surface area contributed by atoms with Crippen LogP contribution >= 0.6 is 0 Å². The molecule has 1 fully saturated rings. The van der Waals surface area contributed by atoms with Crippen LogP contribution in [0, 0.1) is 0 Å². The van der Waals surface area contributed by atoms with E-state index in [2.05, 4.69) is 14.9 Å². The first kappa shape index (κ1) is 21.9. The molecule has 0 aliphatic carbocycles. The van der Waals surface area contributed by atoms with Crippen LogP contribution < -0.4 is 10.1 Å². The molecule has 1 N–H and O–H groups in total. The minimum atomic E-state index is -0.190. The molecule has 2 aliphatic heterocycles. The van der Waals surface area contributed by atoms with Crippen molar-refractivity contribution in [2.45, 2.75) is 32.1 Å². The van der Waals surface area contributed by atoms with Crippen molar-refractivity contribution >= 4 is 9.81 Å². The predicted molar refractivity (Wildman–Crippen MR) is 113 cm³/mol. The van der Waals surface area contributed by atoms with Crippen molar-refractivity contribution in [3.63, 3.8) is 0 Å². The summed E-state index contributed by atoms with van der Waals surface area (Å²) >= 11 is 1.34. The van der Waals surface area contributed by atoms with E-state index in [9.17, 15) is 4.79 Å². The van der Waals surface area contributed by atoms with Gasteiger partial charge in [0.25, 0.3) is 0 Å². The Kier molecular flexibility index (Phi) is 7.62. The van der Waals surface area contributed by atoms with Crippen LogP contribution in [-0.2, 0) is 42.0 Å². The number of nitrogens with zero attached hydrogens (tertiary/aromatic N) is 2. The number of carbonyl (C=O) groups excluding carboxylic acids is 1. The molecule has 1 unspecified atom stereocenters. The van der Waals surface area contributed by atoms with Crippen molar-refractivity contribution in [3.05, 3.63) is 72.0 Å². The van der Waals surface area contributed by atoms with Gasteiger partial charge in [0.2, 0.25) is 0 Å². The SMILES string of the molecule is O=C1NC=CC=C[C](=[W])c2nccn2CCCOCc2ccc(OC3CCOC3)cc21. The fourth-order valence-corrected chi connectivity index (χ4v) is 4.37. The Labute approximate surface area is 192 Å². The number of ether oxygens (including phenoxy) is 3. The molecule has 31 heavy (non-hydrogen) atoms. The number of fused-ring (bicyclic) bond motifs is 2. The Hall–Kier alpha value is -2.34. The zero-order chi connectivity index (χ0) is 21.5. The van der Waals surface area contributed by atoms with E-state index in [0.717, 1.165) is 34.7 Å². The molecule has 162 valence electrons. The molecule has 3 heterocycles. The Morgan fingerprint density at radius 2 is 2.16 bits per heavy atom. The molecular formula is C23H25N3O4W. The summed E-state index contributed by atoms with van der Waals surface area (Å²) in [5.74, 6) is 1.45. The third-order valence-corrected chi connectivity index (χ3v) is 6.21. The molecule has 1 saturated heterocycles. The normalized spacial score (nSPS) is 20.2. The second-order valence-corrected chi connectivity index (χ2v) is 8.91. The van der Waals surface area contributed by atoms with Crippen molar-refractivity contribution in [2.24, 2.45) is 0 Å².